The molecular weight excluding hydrogens is 144 g/mol. The van der Waals surface area contributed by atoms with Crippen LogP contribution in [0.3, 0.4) is 0 Å². The van der Waals surface area contributed by atoms with Gasteiger partial charge in [-0.05, 0) is 18.9 Å². The van der Waals surface area contributed by atoms with Crippen molar-refractivity contribution in [3.63, 3.8) is 0 Å². The summed E-state index contributed by atoms with van der Waals surface area (Å²) in [6.45, 7) is 3.32. The van der Waals surface area contributed by atoms with Crippen molar-refractivity contribution in [3.05, 3.63) is 0 Å². The number of hydrogen-bond donors (Lipinski definition) is 2. The highest BCUT2D eigenvalue weighted by atomic mass is 16.5. The molecule has 0 spiro atoms. The van der Waals surface area contributed by atoms with E-state index in [1.807, 2.05) is 6.92 Å². The number of methoxy groups -OCH3 is 1. The maximum absolute atomic E-state index is 10.6. The zero-order valence-electron chi connectivity index (χ0n) is 7.09. The second-order valence-corrected chi connectivity index (χ2v) is 2.56. The Labute approximate surface area is 67.1 Å². The van der Waals surface area contributed by atoms with E-state index in [1.54, 1.807) is 0 Å². The maximum atomic E-state index is 10.6. The smallest absolute Gasteiger partial charge is 0.406 e. The molecule has 0 rings (SSSR count). The Morgan fingerprint density at radius 1 is 1.73 bits per heavy atom. The first-order valence-corrected chi connectivity index (χ1v) is 3.72. The Kier molecular flexibility index (Phi) is 5.56. The lowest BCUT2D eigenvalue weighted by atomic mass is 10.1. The van der Waals surface area contributed by atoms with Gasteiger partial charge in [0.05, 0.1) is 7.11 Å². The maximum Gasteiger partial charge on any atom is 0.406 e. The van der Waals surface area contributed by atoms with Gasteiger partial charge in [-0.1, -0.05) is 6.92 Å². The first-order chi connectivity index (χ1) is 5.20. The molecule has 66 valence electrons. The summed E-state index contributed by atoms with van der Waals surface area (Å²) in [6, 6.07) is 0. The average Bonchev–Trinajstić information content (AvgIpc) is 2.01. The highest BCUT2D eigenvalue weighted by molar-refractivity contribution is 5.66. The molecule has 4 heteroatoms. The number of alkyl carbamates (subject to hydrolysis) is 1. The van der Waals surface area contributed by atoms with E-state index >= 15 is 0 Å². The third-order valence-electron chi connectivity index (χ3n) is 1.44. The van der Waals surface area contributed by atoms with E-state index < -0.39 is 0 Å². The molecule has 0 saturated carbocycles. The van der Waals surface area contributed by atoms with Crippen molar-refractivity contribution in [1.82, 2.24) is 5.32 Å². The summed E-state index contributed by atoms with van der Waals surface area (Å²) in [5, 5.41) is 2.60. The van der Waals surface area contributed by atoms with E-state index in [-0.39, 0.29) is 6.09 Å². The molecule has 0 aliphatic rings. The summed E-state index contributed by atoms with van der Waals surface area (Å²) in [5.74, 6) is 0.416. The molecule has 0 saturated heterocycles. The van der Waals surface area contributed by atoms with Gasteiger partial charge in [-0.3, -0.25) is 0 Å². The Morgan fingerprint density at radius 2 is 2.36 bits per heavy atom. The quantitative estimate of drug-likeness (QED) is 0.622. The van der Waals surface area contributed by atoms with Gasteiger partial charge in [0.1, 0.15) is 0 Å². The first kappa shape index (κ1) is 10.2. The Bertz CT molecular complexity index is 117. The predicted molar refractivity (Wildman–Crippen MR) is 43.2 cm³/mol. The summed E-state index contributed by atoms with van der Waals surface area (Å²) in [7, 11) is 1.35. The van der Waals surface area contributed by atoms with Gasteiger partial charge in [-0.2, -0.15) is 0 Å². The lowest BCUT2D eigenvalue weighted by Gasteiger charge is -2.09. The van der Waals surface area contributed by atoms with Gasteiger partial charge in [0.2, 0.25) is 0 Å². The fourth-order valence-corrected chi connectivity index (χ4v) is 0.716. The molecular formula is C7H16N2O2. The number of carbonyl (C=O) groups is 1. The molecule has 0 fully saturated rings. The number of hydrogen-bond acceptors (Lipinski definition) is 3. The zero-order chi connectivity index (χ0) is 8.69. The third-order valence-corrected chi connectivity index (χ3v) is 1.44. The Balaban J connectivity index is 3.29. The van der Waals surface area contributed by atoms with Crippen LogP contribution in [0, 0.1) is 5.92 Å². The van der Waals surface area contributed by atoms with Crippen molar-refractivity contribution in [2.45, 2.75) is 13.3 Å². The number of nitrogens with one attached hydrogen (secondary N) is 1. The van der Waals surface area contributed by atoms with Gasteiger partial charge >= 0.3 is 6.09 Å². The molecule has 0 aliphatic heterocycles. The summed E-state index contributed by atoms with van der Waals surface area (Å²) >= 11 is 0. The minimum atomic E-state index is -0.381. The molecule has 0 radical (unpaired) electrons. The van der Waals surface area contributed by atoms with Gasteiger partial charge in [0, 0.05) is 6.54 Å². The van der Waals surface area contributed by atoms with E-state index in [9.17, 15) is 4.79 Å². The van der Waals surface area contributed by atoms with E-state index in [0.717, 1.165) is 6.42 Å². The van der Waals surface area contributed by atoms with Crippen LogP contribution in [0.15, 0.2) is 0 Å². The van der Waals surface area contributed by atoms with E-state index in [2.05, 4.69) is 10.1 Å². The normalized spacial score (nSPS) is 12.3. The van der Waals surface area contributed by atoms with Gasteiger partial charge in [-0.15, -0.1) is 0 Å². The molecule has 0 bridgehead atoms. The molecule has 1 unspecified atom stereocenters. The van der Waals surface area contributed by atoms with Crippen molar-refractivity contribution < 1.29 is 9.53 Å². The fraction of sp³-hybridized carbons (Fsp3) is 0.857. The minimum absolute atomic E-state index is 0.381. The molecule has 1 atom stereocenters. The van der Waals surface area contributed by atoms with Crippen LogP contribution in [0.2, 0.25) is 0 Å². The molecule has 0 aromatic carbocycles. The molecule has 0 aliphatic carbocycles. The highest BCUT2D eigenvalue weighted by Gasteiger charge is 2.02. The van der Waals surface area contributed by atoms with Crippen LogP contribution in [-0.4, -0.2) is 26.3 Å². The van der Waals surface area contributed by atoms with Gasteiger partial charge in [-0.25, -0.2) is 4.79 Å². The standard InChI is InChI=1S/C7H16N2O2/c1-6(3-4-8)5-9-7(10)11-2/h6H,3-5,8H2,1-2H3,(H,9,10). The summed E-state index contributed by atoms with van der Waals surface area (Å²) in [4.78, 5) is 10.6. The predicted octanol–water partition coefficient (Wildman–Crippen LogP) is 0.327. The third kappa shape index (κ3) is 5.66. The number of ether oxygens (including phenoxy) is 1. The highest BCUT2D eigenvalue weighted by Crippen LogP contribution is 1.96. The van der Waals surface area contributed by atoms with Crippen molar-refractivity contribution in [2.75, 3.05) is 20.2 Å². The lowest BCUT2D eigenvalue weighted by Crippen LogP contribution is -2.28. The summed E-state index contributed by atoms with van der Waals surface area (Å²) in [5.41, 5.74) is 5.32. The topological polar surface area (TPSA) is 64.3 Å². The number of carbonyl (C=O) groups excluding carboxylic acids is 1. The molecule has 0 aromatic rings. The van der Waals surface area contributed by atoms with Gasteiger partial charge < -0.3 is 15.8 Å². The summed E-state index contributed by atoms with van der Waals surface area (Å²) in [6.07, 6.45) is 0.540. The van der Waals surface area contributed by atoms with Crippen molar-refractivity contribution in [3.8, 4) is 0 Å². The van der Waals surface area contributed by atoms with Crippen LogP contribution in [-0.2, 0) is 4.74 Å². The zero-order valence-corrected chi connectivity index (χ0v) is 7.09. The average molecular weight is 160 g/mol. The molecule has 3 N–H and O–H groups in total. The molecule has 0 aromatic heterocycles. The molecule has 0 heterocycles. The van der Waals surface area contributed by atoms with Crippen LogP contribution in [0.4, 0.5) is 4.79 Å². The van der Waals surface area contributed by atoms with Crippen LogP contribution >= 0.6 is 0 Å². The van der Waals surface area contributed by atoms with Crippen LogP contribution < -0.4 is 11.1 Å². The van der Waals surface area contributed by atoms with E-state index in [1.165, 1.54) is 7.11 Å². The molecule has 1 amide bonds. The second kappa shape index (κ2) is 5.97. The van der Waals surface area contributed by atoms with Crippen molar-refractivity contribution in [1.29, 1.82) is 0 Å². The van der Waals surface area contributed by atoms with Gasteiger partial charge in [0.15, 0.2) is 0 Å². The van der Waals surface area contributed by atoms with E-state index in [4.69, 9.17) is 5.73 Å². The first-order valence-electron chi connectivity index (χ1n) is 3.72. The monoisotopic (exact) mass is 160 g/mol. The number of rotatable bonds is 4. The lowest BCUT2D eigenvalue weighted by molar-refractivity contribution is 0.169. The van der Waals surface area contributed by atoms with Crippen molar-refractivity contribution >= 4 is 6.09 Å². The van der Waals surface area contributed by atoms with Crippen LogP contribution in [0.25, 0.3) is 0 Å². The SMILES string of the molecule is COC(=O)NCC(C)CCN. The number of nitrogens with two attached hydrogens (primary N) is 1. The minimum Gasteiger partial charge on any atom is -0.453 e. The van der Waals surface area contributed by atoms with Crippen molar-refractivity contribution in [2.24, 2.45) is 11.7 Å². The summed E-state index contributed by atoms with van der Waals surface area (Å²) < 4.78 is 4.40. The molecule has 11 heavy (non-hydrogen) atoms. The fourth-order valence-electron chi connectivity index (χ4n) is 0.716. The van der Waals surface area contributed by atoms with E-state index in [0.29, 0.717) is 19.0 Å². The largest absolute Gasteiger partial charge is 0.453 e. The van der Waals surface area contributed by atoms with Gasteiger partial charge in [0.25, 0.3) is 0 Å². The second-order valence-electron chi connectivity index (χ2n) is 2.56. The Morgan fingerprint density at radius 3 is 2.82 bits per heavy atom. The van der Waals surface area contributed by atoms with Crippen LogP contribution in [0.1, 0.15) is 13.3 Å². The molecule has 4 nitrogen and oxygen atoms in total. The van der Waals surface area contributed by atoms with Crippen LogP contribution in [0.5, 0.6) is 0 Å². The Hall–Kier alpha value is -0.770. The number of amides is 1.